The van der Waals surface area contributed by atoms with Crippen LogP contribution in [0, 0.1) is 11.8 Å². The molecule has 2 rings (SSSR count). The van der Waals surface area contributed by atoms with E-state index in [4.69, 9.17) is 0 Å². The van der Waals surface area contributed by atoms with Crippen molar-refractivity contribution in [1.29, 1.82) is 0 Å². The predicted octanol–water partition coefficient (Wildman–Crippen LogP) is 1.63. The van der Waals surface area contributed by atoms with E-state index in [1.807, 2.05) is 11.9 Å². The summed E-state index contributed by atoms with van der Waals surface area (Å²) in [6.45, 7) is 6.68. The van der Waals surface area contributed by atoms with Crippen LogP contribution in [0.15, 0.2) is 0 Å². The van der Waals surface area contributed by atoms with Crippen LogP contribution in [0.4, 0.5) is 0 Å². The Labute approximate surface area is 98.6 Å². The molecule has 2 atom stereocenters. The second kappa shape index (κ2) is 4.36. The fraction of sp³-hybridized carbons (Fsp3) is 0.923. The second-order valence-corrected chi connectivity index (χ2v) is 6.25. The van der Waals surface area contributed by atoms with E-state index in [9.17, 15) is 4.79 Å². The molecule has 0 aromatic heterocycles. The SMILES string of the molecule is CN1C[C@@H](CC2CNC(C)(C)C2)CCC1=O. The smallest absolute Gasteiger partial charge is 0.222 e. The molecule has 0 saturated carbocycles. The minimum atomic E-state index is 0.320. The zero-order chi connectivity index (χ0) is 11.8. The average molecular weight is 224 g/mol. The molecule has 1 amide bonds. The van der Waals surface area contributed by atoms with E-state index in [0.29, 0.717) is 11.4 Å². The standard InChI is InChI=1S/C13H24N2O/c1-13(2)7-11(8-14-13)6-10-4-5-12(16)15(3)9-10/h10-11,14H,4-9H2,1-3H3/t10-,11?/m1/s1. The van der Waals surface area contributed by atoms with E-state index in [1.54, 1.807) is 0 Å². The van der Waals surface area contributed by atoms with Crippen molar-refractivity contribution >= 4 is 5.91 Å². The molecule has 0 spiro atoms. The van der Waals surface area contributed by atoms with Crippen molar-refractivity contribution in [3.63, 3.8) is 0 Å². The summed E-state index contributed by atoms with van der Waals surface area (Å²) >= 11 is 0. The minimum absolute atomic E-state index is 0.320. The van der Waals surface area contributed by atoms with Gasteiger partial charge in [-0.2, -0.15) is 0 Å². The van der Waals surface area contributed by atoms with E-state index < -0.39 is 0 Å². The third-order valence-electron chi connectivity index (χ3n) is 4.06. The quantitative estimate of drug-likeness (QED) is 0.773. The lowest BCUT2D eigenvalue weighted by Crippen LogP contribution is -2.37. The topological polar surface area (TPSA) is 32.3 Å². The third kappa shape index (κ3) is 2.76. The normalized spacial score (nSPS) is 34.4. The van der Waals surface area contributed by atoms with E-state index in [-0.39, 0.29) is 0 Å². The first-order valence-electron chi connectivity index (χ1n) is 6.45. The van der Waals surface area contributed by atoms with Gasteiger partial charge in [-0.1, -0.05) is 0 Å². The van der Waals surface area contributed by atoms with Crippen LogP contribution in [0.1, 0.15) is 39.5 Å². The molecule has 1 N–H and O–H groups in total. The van der Waals surface area contributed by atoms with Gasteiger partial charge in [0.25, 0.3) is 0 Å². The zero-order valence-corrected chi connectivity index (χ0v) is 10.8. The maximum absolute atomic E-state index is 11.4. The highest BCUT2D eigenvalue weighted by atomic mass is 16.2. The first-order chi connectivity index (χ1) is 7.46. The molecule has 0 bridgehead atoms. The number of hydrogen-bond donors (Lipinski definition) is 1. The molecule has 2 aliphatic rings. The average Bonchev–Trinajstić information content (AvgIpc) is 2.52. The van der Waals surface area contributed by atoms with Crippen LogP contribution in [-0.2, 0) is 4.79 Å². The van der Waals surface area contributed by atoms with Crippen LogP contribution in [-0.4, -0.2) is 36.5 Å². The van der Waals surface area contributed by atoms with Crippen LogP contribution in [0.5, 0.6) is 0 Å². The van der Waals surface area contributed by atoms with Crippen molar-refractivity contribution in [1.82, 2.24) is 10.2 Å². The maximum atomic E-state index is 11.4. The molecule has 2 aliphatic heterocycles. The fourth-order valence-corrected chi connectivity index (χ4v) is 3.22. The highest BCUT2D eigenvalue weighted by molar-refractivity contribution is 5.76. The van der Waals surface area contributed by atoms with Crippen molar-refractivity contribution < 1.29 is 4.79 Å². The largest absolute Gasteiger partial charge is 0.345 e. The van der Waals surface area contributed by atoms with E-state index in [0.717, 1.165) is 37.8 Å². The molecular weight excluding hydrogens is 200 g/mol. The molecular formula is C13H24N2O. The number of likely N-dealkylation sites (tertiary alicyclic amines) is 1. The lowest BCUT2D eigenvalue weighted by Gasteiger charge is -2.31. The number of rotatable bonds is 2. The van der Waals surface area contributed by atoms with Crippen LogP contribution >= 0.6 is 0 Å². The Morgan fingerprint density at radius 2 is 2.19 bits per heavy atom. The maximum Gasteiger partial charge on any atom is 0.222 e. The van der Waals surface area contributed by atoms with Gasteiger partial charge in [0, 0.05) is 25.6 Å². The van der Waals surface area contributed by atoms with Crippen molar-refractivity contribution in [2.24, 2.45) is 11.8 Å². The van der Waals surface area contributed by atoms with Crippen molar-refractivity contribution in [2.75, 3.05) is 20.1 Å². The highest BCUT2D eigenvalue weighted by Gasteiger charge is 2.33. The predicted molar refractivity (Wildman–Crippen MR) is 65.2 cm³/mol. The number of hydrogen-bond acceptors (Lipinski definition) is 2. The Bertz CT molecular complexity index is 275. The molecule has 2 saturated heterocycles. The van der Waals surface area contributed by atoms with Crippen LogP contribution < -0.4 is 5.32 Å². The third-order valence-corrected chi connectivity index (χ3v) is 4.06. The number of carbonyl (C=O) groups excluding carboxylic acids is 1. The van der Waals surface area contributed by atoms with Crippen molar-refractivity contribution in [3.8, 4) is 0 Å². The van der Waals surface area contributed by atoms with Gasteiger partial charge < -0.3 is 10.2 Å². The fourth-order valence-electron chi connectivity index (χ4n) is 3.22. The van der Waals surface area contributed by atoms with Crippen molar-refractivity contribution in [2.45, 2.75) is 45.1 Å². The lowest BCUT2D eigenvalue weighted by atomic mass is 9.85. The minimum Gasteiger partial charge on any atom is -0.345 e. The monoisotopic (exact) mass is 224 g/mol. The molecule has 0 aromatic carbocycles. The van der Waals surface area contributed by atoms with Gasteiger partial charge in [-0.15, -0.1) is 0 Å². The molecule has 2 heterocycles. The molecule has 3 heteroatoms. The first-order valence-corrected chi connectivity index (χ1v) is 6.45. The molecule has 0 aromatic rings. The van der Waals surface area contributed by atoms with E-state index in [2.05, 4.69) is 19.2 Å². The van der Waals surface area contributed by atoms with Gasteiger partial charge in [-0.3, -0.25) is 4.79 Å². The number of piperidine rings is 1. The summed E-state index contributed by atoms with van der Waals surface area (Å²) in [7, 11) is 1.94. The molecule has 2 fully saturated rings. The molecule has 3 nitrogen and oxygen atoms in total. The van der Waals surface area contributed by atoms with E-state index in [1.165, 1.54) is 12.8 Å². The highest BCUT2D eigenvalue weighted by Crippen LogP contribution is 2.31. The summed E-state index contributed by atoms with van der Waals surface area (Å²) in [5.74, 6) is 1.85. The van der Waals surface area contributed by atoms with Gasteiger partial charge in [-0.05, 0) is 51.5 Å². The van der Waals surface area contributed by atoms with Crippen LogP contribution in [0.2, 0.25) is 0 Å². The van der Waals surface area contributed by atoms with Crippen molar-refractivity contribution in [3.05, 3.63) is 0 Å². The Morgan fingerprint density at radius 3 is 2.75 bits per heavy atom. The molecule has 92 valence electrons. The molecule has 1 unspecified atom stereocenters. The summed E-state index contributed by atoms with van der Waals surface area (Å²) < 4.78 is 0. The van der Waals surface area contributed by atoms with Gasteiger partial charge >= 0.3 is 0 Å². The molecule has 0 aliphatic carbocycles. The van der Waals surface area contributed by atoms with Crippen LogP contribution in [0.3, 0.4) is 0 Å². The van der Waals surface area contributed by atoms with Gasteiger partial charge in [0.1, 0.15) is 0 Å². The van der Waals surface area contributed by atoms with Gasteiger partial charge in [-0.25, -0.2) is 0 Å². The summed E-state index contributed by atoms with van der Waals surface area (Å²) in [5.41, 5.74) is 0.320. The summed E-state index contributed by atoms with van der Waals surface area (Å²) in [5, 5.41) is 3.57. The number of nitrogens with zero attached hydrogens (tertiary/aromatic N) is 1. The van der Waals surface area contributed by atoms with Gasteiger partial charge in [0.2, 0.25) is 5.91 Å². The lowest BCUT2D eigenvalue weighted by molar-refractivity contribution is -0.133. The number of nitrogens with one attached hydrogen (secondary N) is 1. The van der Waals surface area contributed by atoms with Gasteiger partial charge in [0.15, 0.2) is 0 Å². The molecule has 16 heavy (non-hydrogen) atoms. The first kappa shape index (κ1) is 11.9. The Hall–Kier alpha value is -0.570. The van der Waals surface area contributed by atoms with Gasteiger partial charge in [0.05, 0.1) is 0 Å². The zero-order valence-electron chi connectivity index (χ0n) is 10.8. The van der Waals surface area contributed by atoms with E-state index >= 15 is 0 Å². The Morgan fingerprint density at radius 1 is 1.44 bits per heavy atom. The summed E-state index contributed by atoms with van der Waals surface area (Å²) in [6, 6.07) is 0. The summed E-state index contributed by atoms with van der Waals surface area (Å²) in [4.78, 5) is 13.3. The Balaban J connectivity index is 1.80. The Kier molecular flexibility index (Phi) is 3.24. The second-order valence-electron chi connectivity index (χ2n) is 6.25. The molecule has 0 radical (unpaired) electrons. The summed E-state index contributed by atoms with van der Waals surface area (Å²) in [6.07, 6.45) is 4.42. The van der Waals surface area contributed by atoms with Crippen LogP contribution in [0.25, 0.3) is 0 Å². The number of amides is 1. The number of carbonyl (C=O) groups is 1.